The van der Waals surface area contributed by atoms with E-state index in [1.807, 2.05) is 25.1 Å². The molecule has 1 aliphatic rings. The highest BCUT2D eigenvalue weighted by Gasteiger charge is 2.38. The number of aromatic nitrogens is 1. The maximum atomic E-state index is 12.4. The maximum Gasteiger partial charge on any atom is 0.240 e. The minimum absolute atomic E-state index is 0.0443. The fourth-order valence-electron chi connectivity index (χ4n) is 2.84. The standard InChI is InChI=1S/C15H23N3O/c1-11-6-5-8-15(16,10-11)14(19)18-12(2)13-7-3-4-9-17-13/h3-4,7,9,11-12H,5-6,8,10,16H2,1-2H3,(H,18,19)/t11?,12-,15?/m1/s1. The number of carbonyl (C=O) groups is 1. The number of hydrogen-bond acceptors (Lipinski definition) is 3. The first-order chi connectivity index (χ1) is 9.01. The minimum Gasteiger partial charge on any atom is -0.346 e. The summed E-state index contributed by atoms with van der Waals surface area (Å²) < 4.78 is 0. The van der Waals surface area contributed by atoms with Gasteiger partial charge in [0.05, 0.1) is 17.3 Å². The Morgan fingerprint density at radius 1 is 1.58 bits per heavy atom. The van der Waals surface area contributed by atoms with Crippen molar-refractivity contribution in [3.8, 4) is 0 Å². The molecule has 4 nitrogen and oxygen atoms in total. The molecular formula is C15H23N3O. The third-order valence-corrected chi connectivity index (χ3v) is 3.96. The van der Waals surface area contributed by atoms with Gasteiger partial charge in [-0.15, -0.1) is 0 Å². The lowest BCUT2D eigenvalue weighted by atomic mass is 9.76. The topological polar surface area (TPSA) is 68.0 Å². The van der Waals surface area contributed by atoms with Gasteiger partial charge in [0.25, 0.3) is 0 Å². The van der Waals surface area contributed by atoms with Crippen LogP contribution in [0.1, 0.15) is 51.3 Å². The molecule has 4 heteroatoms. The molecule has 3 N–H and O–H groups in total. The second-order valence-corrected chi connectivity index (χ2v) is 5.81. The smallest absolute Gasteiger partial charge is 0.240 e. The highest BCUT2D eigenvalue weighted by molar-refractivity contribution is 5.86. The van der Waals surface area contributed by atoms with Crippen LogP contribution in [0.5, 0.6) is 0 Å². The SMILES string of the molecule is CC1CCCC(N)(C(=O)N[C@H](C)c2ccccn2)C1. The van der Waals surface area contributed by atoms with Gasteiger partial charge in [-0.3, -0.25) is 9.78 Å². The Bertz CT molecular complexity index is 434. The molecule has 3 atom stereocenters. The highest BCUT2D eigenvalue weighted by atomic mass is 16.2. The Balaban J connectivity index is 2.00. The average Bonchev–Trinajstić information content (AvgIpc) is 2.39. The van der Waals surface area contributed by atoms with E-state index in [1.165, 1.54) is 6.42 Å². The summed E-state index contributed by atoms with van der Waals surface area (Å²) in [6.07, 6.45) is 5.48. The van der Waals surface area contributed by atoms with Crippen molar-refractivity contribution in [3.63, 3.8) is 0 Å². The first kappa shape index (κ1) is 14.0. The van der Waals surface area contributed by atoms with Crippen molar-refractivity contribution < 1.29 is 4.79 Å². The fourth-order valence-corrected chi connectivity index (χ4v) is 2.84. The van der Waals surface area contributed by atoms with Gasteiger partial charge < -0.3 is 11.1 Å². The Morgan fingerprint density at radius 2 is 2.37 bits per heavy atom. The van der Waals surface area contributed by atoms with Crippen LogP contribution >= 0.6 is 0 Å². The lowest BCUT2D eigenvalue weighted by Crippen LogP contribution is -2.56. The quantitative estimate of drug-likeness (QED) is 0.876. The molecule has 19 heavy (non-hydrogen) atoms. The second-order valence-electron chi connectivity index (χ2n) is 5.81. The van der Waals surface area contributed by atoms with Crippen molar-refractivity contribution in [3.05, 3.63) is 30.1 Å². The van der Waals surface area contributed by atoms with E-state index in [9.17, 15) is 4.79 Å². The van der Waals surface area contributed by atoms with Crippen molar-refractivity contribution in [2.45, 2.75) is 51.1 Å². The summed E-state index contributed by atoms with van der Waals surface area (Å²) >= 11 is 0. The zero-order valence-corrected chi connectivity index (χ0v) is 11.7. The van der Waals surface area contributed by atoms with Gasteiger partial charge in [-0.2, -0.15) is 0 Å². The molecule has 0 bridgehead atoms. The van der Waals surface area contributed by atoms with Gasteiger partial charge in [0.2, 0.25) is 5.91 Å². The van der Waals surface area contributed by atoms with Gasteiger partial charge in [-0.05, 0) is 37.8 Å². The van der Waals surface area contributed by atoms with Gasteiger partial charge in [0.15, 0.2) is 0 Å². The summed E-state index contributed by atoms with van der Waals surface area (Å²) in [7, 11) is 0. The van der Waals surface area contributed by atoms with Gasteiger partial charge in [0, 0.05) is 6.20 Å². The molecule has 1 heterocycles. The Kier molecular flexibility index (Phi) is 4.20. The Morgan fingerprint density at radius 3 is 3.00 bits per heavy atom. The molecule has 2 rings (SSSR count). The molecule has 0 radical (unpaired) electrons. The Labute approximate surface area is 114 Å². The van der Waals surface area contributed by atoms with E-state index in [2.05, 4.69) is 17.2 Å². The fraction of sp³-hybridized carbons (Fsp3) is 0.600. The molecule has 104 valence electrons. The molecule has 1 aromatic rings. The minimum atomic E-state index is -0.708. The van der Waals surface area contributed by atoms with E-state index < -0.39 is 5.54 Å². The van der Waals surface area contributed by atoms with Crippen LogP contribution in [0.4, 0.5) is 0 Å². The van der Waals surface area contributed by atoms with Crippen molar-refractivity contribution in [2.24, 2.45) is 11.7 Å². The van der Waals surface area contributed by atoms with Crippen molar-refractivity contribution in [1.82, 2.24) is 10.3 Å². The van der Waals surface area contributed by atoms with Crippen molar-refractivity contribution in [2.75, 3.05) is 0 Å². The maximum absolute atomic E-state index is 12.4. The number of carbonyl (C=O) groups excluding carboxylic acids is 1. The number of rotatable bonds is 3. The third kappa shape index (κ3) is 3.32. The van der Waals surface area contributed by atoms with Gasteiger partial charge in [-0.1, -0.05) is 25.8 Å². The summed E-state index contributed by atoms with van der Waals surface area (Å²) in [5, 5.41) is 3.00. The van der Waals surface area contributed by atoms with Crippen LogP contribution in [-0.2, 0) is 4.79 Å². The third-order valence-electron chi connectivity index (χ3n) is 3.96. The summed E-state index contributed by atoms with van der Waals surface area (Å²) in [6.45, 7) is 4.10. The Hall–Kier alpha value is -1.42. The van der Waals surface area contributed by atoms with E-state index in [0.29, 0.717) is 5.92 Å². The molecule has 1 fully saturated rings. The molecule has 1 aromatic heterocycles. The largest absolute Gasteiger partial charge is 0.346 e. The number of nitrogens with zero attached hydrogens (tertiary/aromatic N) is 1. The molecule has 0 aliphatic heterocycles. The van der Waals surface area contributed by atoms with Crippen LogP contribution < -0.4 is 11.1 Å². The zero-order valence-electron chi connectivity index (χ0n) is 11.7. The van der Waals surface area contributed by atoms with E-state index in [1.54, 1.807) is 6.20 Å². The molecule has 0 spiro atoms. The first-order valence-corrected chi connectivity index (χ1v) is 7.02. The molecule has 0 aromatic carbocycles. The van der Waals surface area contributed by atoms with Gasteiger partial charge in [-0.25, -0.2) is 0 Å². The van der Waals surface area contributed by atoms with E-state index >= 15 is 0 Å². The molecule has 1 aliphatic carbocycles. The van der Waals surface area contributed by atoms with Crippen LogP contribution in [0.2, 0.25) is 0 Å². The van der Waals surface area contributed by atoms with Gasteiger partial charge in [0.1, 0.15) is 0 Å². The lowest BCUT2D eigenvalue weighted by Gasteiger charge is -2.36. The predicted molar refractivity (Wildman–Crippen MR) is 75.3 cm³/mol. The molecule has 1 amide bonds. The van der Waals surface area contributed by atoms with Crippen molar-refractivity contribution >= 4 is 5.91 Å². The van der Waals surface area contributed by atoms with Crippen LogP contribution in [0.3, 0.4) is 0 Å². The average molecular weight is 261 g/mol. The van der Waals surface area contributed by atoms with Crippen LogP contribution in [0, 0.1) is 5.92 Å². The monoisotopic (exact) mass is 261 g/mol. The van der Waals surface area contributed by atoms with Gasteiger partial charge >= 0.3 is 0 Å². The van der Waals surface area contributed by atoms with Crippen molar-refractivity contribution in [1.29, 1.82) is 0 Å². The zero-order chi connectivity index (χ0) is 13.9. The van der Waals surface area contributed by atoms with Crippen LogP contribution in [0.15, 0.2) is 24.4 Å². The number of hydrogen-bond donors (Lipinski definition) is 2. The highest BCUT2D eigenvalue weighted by Crippen LogP contribution is 2.31. The summed E-state index contributed by atoms with van der Waals surface area (Å²) in [6, 6.07) is 5.60. The van der Waals surface area contributed by atoms with E-state index in [4.69, 9.17) is 5.73 Å². The normalized spacial score (nSPS) is 28.7. The summed E-state index contributed by atoms with van der Waals surface area (Å²) in [5.41, 5.74) is 6.44. The van der Waals surface area contributed by atoms with E-state index in [0.717, 1.165) is 25.0 Å². The van der Waals surface area contributed by atoms with Crippen LogP contribution in [0.25, 0.3) is 0 Å². The molecule has 1 saturated carbocycles. The number of pyridine rings is 1. The number of nitrogens with two attached hydrogens (primary N) is 1. The molecule has 2 unspecified atom stereocenters. The predicted octanol–water partition coefficient (Wildman–Crippen LogP) is 2.17. The summed E-state index contributed by atoms with van der Waals surface area (Å²) in [4.78, 5) is 16.6. The summed E-state index contributed by atoms with van der Waals surface area (Å²) in [5.74, 6) is 0.479. The number of nitrogens with one attached hydrogen (secondary N) is 1. The molecular weight excluding hydrogens is 238 g/mol. The lowest BCUT2D eigenvalue weighted by molar-refractivity contribution is -0.128. The van der Waals surface area contributed by atoms with E-state index in [-0.39, 0.29) is 11.9 Å². The second kappa shape index (κ2) is 5.70. The number of amides is 1. The van der Waals surface area contributed by atoms with Crippen LogP contribution in [-0.4, -0.2) is 16.4 Å². The molecule has 0 saturated heterocycles. The first-order valence-electron chi connectivity index (χ1n) is 7.02.